The number of amides is 1. The largest absolute Gasteiger partial charge is 0.444 e. The van der Waals surface area contributed by atoms with Crippen LogP contribution in [0.4, 0.5) is 4.79 Å². The van der Waals surface area contributed by atoms with Gasteiger partial charge in [-0.25, -0.2) is 4.79 Å². The van der Waals surface area contributed by atoms with E-state index >= 15 is 0 Å². The molecule has 0 radical (unpaired) electrons. The summed E-state index contributed by atoms with van der Waals surface area (Å²) >= 11 is 0. The Kier molecular flexibility index (Phi) is 5.69. The van der Waals surface area contributed by atoms with Crippen molar-refractivity contribution in [1.29, 1.82) is 5.26 Å². The zero-order valence-electron chi connectivity index (χ0n) is 16.3. The van der Waals surface area contributed by atoms with E-state index in [0.29, 0.717) is 11.5 Å². The molecule has 0 aliphatic carbocycles. The Balaban J connectivity index is 1.44. The third-order valence-corrected chi connectivity index (χ3v) is 4.94. The predicted molar refractivity (Wildman–Crippen MR) is 102 cm³/mol. The van der Waals surface area contributed by atoms with Crippen molar-refractivity contribution in [2.75, 3.05) is 13.1 Å². The van der Waals surface area contributed by atoms with Crippen molar-refractivity contribution in [2.45, 2.75) is 58.2 Å². The minimum Gasteiger partial charge on any atom is -0.444 e. The van der Waals surface area contributed by atoms with Crippen LogP contribution in [0.15, 0.2) is 29.4 Å². The third kappa shape index (κ3) is 5.22. The lowest BCUT2D eigenvalue weighted by atomic mass is 9.89. The predicted octanol–water partition coefficient (Wildman–Crippen LogP) is 4.09. The maximum atomic E-state index is 12.2. The SMILES string of the molecule is CC(C)(C)OC(=O)N1CCC(CC2CC(c3ccc(C#N)cc3)=NO2)CC1. The van der Waals surface area contributed by atoms with Crippen LogP contribution in [0.3, 0.4) is 0 Å². The molecule has 6 nitrogen and oxygen atoms in total. The van der Waals surface area contributed by atoms with Crippen LogP contribution in [0.2, 0.25) is 0 Å². The van der Waals surface area contributed by atoms with Gasteiger partial charge in [-0.1, -0.05) is 17.3 Å². The van der Waals surface area contributed by atoms with Crippen LogP contribution < -0.4 is 0 Å². The average molecular weight is 369 g/mol. The highest BCUT2D eigenvalue weighted by atomic mass is 16.6. The van der Waals surface area contributed by atoms with Crippen LogP contribution in [-0.4, -0.2) is 41.5 Å². The van der Waals surface area contributed by atoms with Gasteiger partial charge in [0, 0.05) is 19.5 Å². The number of carbonyl (C=O) groups is 1. The Labute approximate surface area is 160 Å². The molecule has 144 valence electrons. The van der Waals surface area contributed by atoms with Crippen molar-refractivity contribution in [3.63, 3.8) is 0 Å². The van der Waals surface area contributed by atoms with Gasteiger partial charge in [-0.05, 0) is 63.6 Å². The number of rotatable bonds is 3. The molecule has 27 heavy (non-hydrogen) atoms. The Morgan fingerprint density at radius 1 is 1.30 bits per heavy atom. The minimum absolute atomic E-state index is 0.0914. The highest BCUT2D eigenvalue weighted by molar-refractivity contribution is 6.01. The van der Waals surface area contributed by atoms with E-state index in [2.05, 4.69) is 11.2 Å². The summed E-state index contributed by atoms with van der Waals surface area (Å²) in [5.74, 6) is 0.532. The number of benzene rings is 1. The number of nitriles is 1. The lowest BCUT2D eigenvalue weighted by Crippen LogP contribution is -2.42. The fourth-order valence-corrected chi connectivity index (χ4v) is 3.51. The molecule has 1 aromatic carbocycles. The third-order valence-electron chi connectivity index (χ3n) is 4.94. The van der Waals surface area contributed by atoms with Crippen molar-refractivity contribution >= 4 is 11.8 Å². The standard InChI is InChI=1S/C21H27N3O3/c1-21(2,3)26-20(25)24-10-8-15(9-11-24)12-18-13-19(23-27-18)17-6-4-16(14-22)5-7-17/h4-7,15,18H,8-13H2,1-3H3. The van der Waals surface area contributed by atoms with E-state index in [0.717, 1.165) is 50.0 Å². The summed E-state index contributed by atoms with van der Waals surface area (Å²) in [4.78, 5) is 19.6. The highest BCUT2D eigenvalue weighted by Crippen LogP contribution is 2.28. The van der Waals surface area contributed by atoms with Gasteiger partial charge < -0.3 is 14.5 Å². The molecule has 1 aromatic rings. The van der Waals surface area contributed by atoms with Gasteiger partial charge in [-0.15, -0.1) is 0 Å². The van der Waals surface area contributed by atoms with E-state index in [1.807, 2.05) is 32.9 Å². The zero-order chi connectivity index (χ0) is 19.4. The first-order valence-corrected chi connectivity index (χ1v) is 9.55. The van der Waals surface area contributed by atoms with Crippen LogP contribution in [0.1, 0.15) is 57.6 Å². The summed E-state index contributed by atoms with van der Waals surface area (Å²) in [5.41, 5.74) is 2.14. The van der Waals surface area contributed by atoms with Crippen LogP contribution in [0.25, 0.3) is 0 Å². The van der Waals surface area contributed by atoms with Gasteiger partial charge in [0.1, 0.15) is 11.7 Å². The molecule has 0 spiro atoms. The molecule has 0 aromatic heterocycles. The summed E-state index contributed by atoms with van der Waals surface area (Å²) < 4.78 is 5.45. The molecular formula is C21H27N3O3. The fourth-order valence-electron chi connectivity index (χ4n) is 3.51. The number of nitrogens with zero attached hydrogens (tertiary/aromatic N) is 3. The smallest absolute Gasteiger partial charge is 0.410 e. The Morgan fingerprint density at radius 2 is 1.96 bits per heavy atom. The van der Waals surface area contributed by atoms with Crippen LogP contribution >= 0.6 is 0 Å². The quantitative estimate of drug-likeness (QED) is 0.804. The maximum absolute atomic E-state index is 12.2. The lowest BCUT2D eigenvalue weighted by molar-refractivity contribution is 0.0135. The second kappa shape index (κ2) is 7.99. The highest BCUT2D eigenvalue weighted by Gasteiger charge is 2.30. The van der Waals surface area contributed by atoms with E-state index in [9.17, 15) is 4.79 Å². The van der Waals surface area contributed by atoms with Crippen molar-refractivity contribution in [3.05, 3.63) is 35.4 Å². The second-order valence-corrected chi connectivity index (χ2v) is 8.31. The molecule has 1 atom stereocenters. The molecule has 1 unspecified atom stereocenters. The normalized spacial score (nSPS) is 20.6. The van der Waals surface area contributed by atoms with Crippen LogP contribution in [0.5, 0.6) is 0 Å². The number of likely N-dealkylation sites (tertiary alicyclic amines) is 1. The first-order valence-electron chi connectivity index (χ1n) is 9.55. The molecular weight excluding hydrogens is 342 g/mol. The summed E-state index contributed by atoms with van der Waals surface area (Å²) in [7, 11) is 0. The van der Waals surface area contributed by atoms with Gasteiger partial charge in [0.15, 0.2) is 0 Å². The van der Waals surface area contributed by atoms with Gasteiger partial charge >= 0.3 is 6.09 Å². The van der Waals surface area contributed by atoms with Crippen LogP contribution in [-0.2, 0) is 9.57 Å². The monoisotopic (exact) mass is 369 g/mol. The average Bonchev–Trinajstić information content (AvgIpc) is 3.09. The molecule has 2 aliphatic rings. The molecule has 0 saturated carbocycles. The van der Waals surface area contributed by atoms with E-state index in [1.165, 1.54) is 0 Å². The van der Waals surface area contributed by atoms with Gasteiger partial charge in [-0.3, -0.25) is 0 Å². The topological polar surface area (TPSA) is 74.9 Å². The molecule has 0 N–H and O–H groups in total. The molecule has 2 heterocycles. The van der Waals surface area contributed by atoms with E-state index in [1.54, 1.807) is 17.0 Å². The van der Waals surface area contributed by atoms with Gasteiger partial charge in [0.05, 0.1) is 17.3 Å². The Morgan fingerprint density at radius 3 is 2.56 bits per heavy atom. The van der Waals surface area contributed by atoms with E-state index < -0.39 is 5.60 Å². The molecule has 3 rings (SSSR count). The number of ether oxygens (including phenoxy) is 1. The van der Waals surface area contributed by atoms with E-state index in [4.69, 9.17) is 14.8 Å². The first-order chi connectivity index (χ1) is 12.8. The lowest BCUT2D eigenvalue weighted by Gasteiger charge is -2.33. The van der Waals surface area contributed by atoms with Crippen LogP contribution in [0, 0.1) is 17.2 Å². The molecule has 1 amide bonds. The number of piperidine rings is 1. The number of hydrogen-bond acceptors (Lipinski definition) is 5. The Bertz CT molecular complexity index is 735. The van der Waals surface area contributed by atoms with Crippen molar-refractivity contribution in [3.8, 4) is 6.07 Å². The number of oxime groups is 1. The minimum atomic E-state index is -0.454. The Hall–Kier alpha value is -2.55. The first kappa shape index (κ1) is 19.2. The molecule has 2 aliphatic heterocycles. The summed E-state index contributed by atoms with van der Waals surface area (Å²) in [6.07, 6.45) is 3.54. The maximum Gasteiger partial charge on any atom is 0.410 e. The van der Waals surface area contributed by atoms with Crippen molar-refractivity contribution in [1.82, 2.24) is 4.90 Å². The summed E-state index contributed by atoms with van der Waals surface area (Å²) in [6.45, 7) is 7.13. The van der Waals surface area contributed by atoms with E-state index in [-0.39, 0.29) is 12.2 Å². The number of hydrogen-bond donors (Lipinski definition) is 0. The van der Waals surface area contributed by atoms with Gasteiger partial charge in [0.2, 0.25) is 0 Å². The molecule has 1 saturated heterocycles. The number of carbonyl (C=O) groups excluding carboxylic acids is 1. The summed E-state index contributed by atoms with van der Waals surface area (Å²) in [6, 6.07) is 9.57. The zero-order valence-corrected chi connectivity index (χ0v) is 16.3. The molecule has 0 bridgehead atoms. The van der Waals surface area contributed by atoms with Gasteiger partial charge in [-0.2, -0.15) is 5.26 Å². The van der Waals surface area contributed by atoms with Crippen molar-refractivity contribution < 1.29 is 14.4 Å². The second-order valence-electron chi connectivity index (χ2n) is 8.31. The molecule has 1 fully saturated rings. The van der Waals surface area contributed by atoms with Crippen molar-refractivity contribution in [2.24, 2.45) is 11.1 Å². The van der Waals surface area contributed by atoms with Gasteiger partial charge in [0.25, 0.3) is 0 Å². The summed E-state index contributed by atoms with van der Waals surface area (Å²) in [5, 5.41) is 13.1. The molecule has 6 heteroatoms. The fraction of sp³-hybridized carbons (Fsp3) is 0.571.